The highest BCUT2D eigenvalue weighted by molar-refractivity contribution is 5.95. The van der Waals surface area contributed by atoms with Crippen molar-refractivity contribution in [1.82, 2.24) is 29.8 Å². The number of hydrogen-bond acceptors (Lipinski definition) is 6. The molecule has 3 aromatic heterocycles. The van der Waals surface area contributed by atoms with Crippen LogP contribution < -0.4 is 16.3 Å². The van der Waals surface area contributed by atoms with Gasteiger partial charge in [-0.1, -0.05) is 6.07 Å². The van der Waals surface area contributed by atoms with E-state index in [0.29, 0.717) is 24.6 Å². The van der Waals surface area contributed by atoms with Gasteiger partial charge in [0.05, 0.1) is 5.69 Å². The molecule has 0 saturated carbocycles. The van der Waals surface area contributed by atoms with Gasteiger partial charge in [-0.05, 0) is 42.8 Å². The van der Waals surface area contributed by atoms with Crippen molar-refractivity contribution in [2.75, 3.05) is 11.9 Å². The van der Waals surface area contributed by atoms with Gasteiger partial charge in [-0.15, -0.1) is 0 Å². The van der Waals surface area contributed by atoms with Crippen molar-refractivity contribution >= 4 is 17.5 Å². The van der Waals surface area contributed by atoms with Gasteiger partial charge in [0.2, 0.25) is 5.95 Å². The van der Waals surface area contributed by atoms with Gasteiger partial charge in [0, 0.05) is 60.9 Å². The number of anilines is 2. The first-order chi connectivity index (χ1) is 15.1. The number of carbonyl (C=O) groups excluding carboxylic acids is 1. The van der Waals surface area contributed by atoms with Gasteiger partial charge in [-0.3, -0.25) is 14.3 Å². The molecule has 0 bridgehead atoms. The second-order valence-corrected chi connectivity index (χ2v) is 6.88. The van der Waals surface area contributed by atoms with Crippen LogP contribution in [0.3, 0.4) is 0 Å². The fraction of sp³-hybridized carbons (Fsp3) is 0.136. The van der Waals surface area contributed by atoms with E-state index in [2.05, 4.69) is 30.6 Å². The molecule has 1 aromatic carbocycles. The second-order valence-electron chi connectivity index (χ2n) is 6.88. The number of benzene rings is 1. The maximum absolute atomic E-state index is 12.5. The van der Waals surface area contributed by atoms with E-state index in [9.17, 15) is 9.59 Å². The fourth-order valence-electron chi connectivity index (χ4n) is 3.03. The lowest BCUT2D eigenvalue weighted by Gasteiger charge is -2.12. The van der Waals surface area contributed by atoms with Crippen LogP contribution in [0, 0.1) is 6.92 Å². The second kappa shape index (κ2) is 9.04. The normalized spacial score (nSPS) is 10.6. The monoisotopic (exact) mass is 415 g/mol. The van der Waals surface area contributed by atoms with Gasteiger partial charge in [0.15, 0.2) is 0 Å². The van der Waals surface area contributed by atoms with Crippen LogP contribution in [0.2, 0.25) is 0 Å². The largest absolute Gasteiger partial charge is 0.350 e. The molecule has 156 valence electrons. The minimum atomic E-state index is -0.225. The topological polar surface area (TPSA) is 118 Å². The molecule has 0 aliphatic rings. The number of rotatable bonds is 7. The van der Waals surface area contributed by atoms with Crippen LogP contribution >= 0.6 is 0 Å². The van der Waals surface area contributed by atoms with Crippen LogP contribution in [-0.2, 0) is 6.54 Å². The van der Waals surface area contributed by atoms with Gasteiger partial charge in [-0.2, -0.15) is 0 Å². The van der Waals surface area contributed by atoms with E-state index in [1.807, 2.05) is 31.2 Å². The minimum absolute atomic E-state index is 0.204. The summed E-state index contributed by atoms with van der Waals surface area (Å²) in [5.41, 5.74) is 3.61. The molecule has 0 saturated heterocycles. The number of hydrogen-bond donors (Lipinski definition) is 3. The van der Waals surface area contributed by atoms with Gasteiger partial charge in [-0.25, -0.2) is 14.8 Å². The molecule has 0 radical (unpaired) electrons. The van der Waals surface area contributed by atoms with E-state index in [4.69, 9.17) is 0 Å². The zero-order valence-corrected chi connectivity index (χ0v) is 16.9. The molecular weight excluding hydrogens is 394 g/mol. The molecule has 4 rings (SSSR count). The zero-order chi connectivity index (χ0) is 21.6. The Kier molecular flexibility index (Phi) is 5.84. The number of aromatic amines is 1. The Bertz CT molecular complexity index is 1250. The first kappa shape index (κ1) is 20.0. The third-order valence-electron chi connectivity index (χ3n) is 4.72. The summed E-state index contributed by atoms with van der Waals surface area (Å²) in [6.07, 6.45) is 8.33. The molecule has 31 heavy (non-hydrogen) atoms. The minimum Gasteiger partial charge on any atom is -0.350 e. The molecule has 0 aliphatic heterocycles. The van der Waals surface area contributed by atoms with Crippen LogP contribution in [0.15, 0.2) is 72.2 Å². The summed E-state index contributed by atoms with van der Waals surface area (Å²) in [5.74, 6) is 0.200. The Labute approximate surface area is 178 Å². The summed E-state index contributed by atoms with van der Waals surface area (Å²) >= 11 is 0. The highest BCUT2D eigenvalue weighted by atomic mass is 16.2. The molecule has 3 N–H and O–H groups in total. The number of imidazole rings is 1. The van der Waals surface area contributed by atoms with E-state index in [1.165, 1.54) is 4.57 Å². The van der Waals surface area contributed by atoms with Gasteiger partial charge in [0.25, 0.3) is 5.91 Å². The lowest BCUT2D eigenvalue weighted by atomic mass is 10.1. The molecular formula is C22H21N7O2. The maximum atomic E-state index is 12.5. The van der Waals surface area contributed by atoms with Crippen molar-refractivity contribution in [2.24, 2.45) is 0 Å². The van der Waals surface area contributed by atoms with Crippen LogP contribution in [0.1, 0.15) is 15.9 Å². The first-order valence-electron chi connectivity index (χ1n) is 9.73. The van der Waals surface area contributed by atoms with Crippen molar-refractivity contribution in [1.29, 1.82) is 0 Å². The first-order valence-corrected chi connectivity index (χ1v) is 9.73. The SMILES string of the molecule is Cc1ccc(C(=O)NCCn2cc[nH]c2=O)cc1Nc1nccc(-c2cccnc2)n1. The molecule has 0 atom stereocenters. The average molecular weight is 415 g/mol. The molecule has 3 heterocycles. The molecule has 9 nitrogen and oxygen atoms in total. The number of nitrogens with one attached hydrogen (secondary N) is 3. The van der Waals surface area contributed by atoms with Gasteiger partial charge >= 0.3 is 5.69 Å². The van der Waals surface area contributed by atoms with E-state index >= 15 is 0 Å². The van der Waals surface area contributed by atoms with E-state index in [-0.39, 0.29) is 11.6 Å². The Morgan fingerprint density at radius 2 is 2.10 bits per heavy atom. The van der Waals surface area contributed by atoms with Crippen LogP contribution in [-0.4, -0.2) is 37.0 Å². The van der Waals surface area contributed by atoms with Crippen molar-refractivity contribution in [3.63, 3.8) is 0 Å². The lowest BCUT2D eigenvalue weighted by Crippen LogP contribution is -2.29. The van der Waals surface area contributed by atoms with Crippen LogP contribution in [0.4, 0.5) is 11.6 Å². The lowest BCUT2D eigenvalue weighted by molar-refractivity contribution is 0.0952. The van der Waals surface area contributed by atoms with Crippen molar-refractivity contribution in [3.05, 3.63) is 89.0 Å². The number of nitrogens with zero attached hydrogens (tertiary/aromatic N) is 4. The molecule has 0 spiro atoms. The Hall–Kier alpha value is -4.27. The van der Waals surface area contributed by atoms with E-state index in [0.717, 1.165) is 22.5 Å². The number of aromatic nitrogens is 5. The summed E-state index contributed by atoms with van der Waals surface area (Å²) in [5, 5.41) is 6.02. The molecule has 1 amide bonds. The molecule has 9 heteroatoms. The van der Waals surface area contributed by atoms with Crippen molar-refractivity contribution in [3.8, 4) is 11.3 Å². The van der Waals surface area contributed by atoms with Crippen molar-refractivity contribution < 1.29 is 4.79 Å². The predicted octanol–water partition coefficient (Wildman–Crippen LogP) is 2.51. The standard InChI is InChI=1S/C22H21N7O2/c1-15-4-5-16(20(30)24-9-11-29-12-10-26-22(29)31)13-19(15)28-21-25-8-6-18(27-21)17-3-2-7-23-14-17/h2-8,10,12-14H,9,11H2,1H3,(H,24,30)(H,26,31)(H,25,27,28). The number of aryl methyl sites for hydroxylation is 1. The van der Waals surface area contributed by atoms with Crippen molar-refractivity contribution in [2.45, 2.75) is 13.5 Å². The third kappa shape index (κ3) is 4.84. The summed E-state index contributed by atoms with van der Waals surface area (Å²) < 4.78 is 1.50. The molecule has 4 aromatic rings. The molecule has 0 unspecified atom stereocenters. The summed E-state index contributed by atoms with van der Waals surface area (Å²) in [7, 11) is 0. The Morgan fingerprint density at radius 1 is 1.19 bits per heavy atom. The summed E-state index contributed by atoms with van der Waals surface area (Å²) in [6, 6.07) is 11.0. The highest BCUT2D eigenvalue weighted by Crippen LogP contribution is 2.22. The quantitative estimate of drug-likeness (QED) is 0.427. The molecule has 0 aliphatic carbocycles. The van der Waals surface area contributed by atoms with Gasteiger partial charge < -0.3 is 15.6 Å². The van der Waals surface area contributed by atoms with E-state index in [1.54, 1.807) is 43.1 Å². The smallest absolute Gasteiger partial charge is 0.325 e. The Morgan fingerprint density at radius 3 is 2.87 bits per heavy atom. The predicted molar refractivity (Wildman–Crippen MR) is 117 cm³/mol. The number of amides is 1. The highest BCUT2D eigenvalue weighted by Gasteiger charge is 2.10. The molecule has 0 fully saturated rings. The number of carbonyl (C=O) groups is 1. The van der Waals surface area contributed by atoms with E-state index < -0.39 is 0 Å². The fourth-order valence-corrected chi connectivity index (χ4v) is 3.03. The Balaban J connectivity index is 1.46. The third-order valence-corrected chi connectivity index (χ3v) is 4.72. The summed E-state index contributed by atoms with van der Waals surface area (Å²) in [6.45, 7) is 2.66. The van der Waals surface area contributed by atoms with Crippen LogP contribution in [0.5, 0.6) is 0 Å². The van der Waals surface area contributed by atoms with Crippen LogP contribution in [0.25, 0.3) is 11.3 Å². The number of H-pyrrole nitrogens is 1. The zero-order valence-electron chi connectivity index (χ0n) is 16.9. The maximum Gasteiger partial charge on any atom is 0.325 e. The number of pyridine rings is 1. The summed E-state index contributed by atoms with van der Waals surface area (Å²) in [4.78, 5) is 39.6. The average Bonchev–Trinajstić information content (AvgIpc) is 3.20. The van der Waals surface area contributed by atoms with Gasteiger partial charge in [0.1, 0.15) is 0 Å².